The predicted molar refractivity (Wildman–Crippen MR) is 53.5 cm³/mol. The second-order valence-corrected chi connectivity index (χ2v) is 3.81. The molecule has 2 atom stereocenters. The molecule has 0 bridgehead atoms. The van der Waals surface area contributed by atoms with Crippen LogP contribution >= 0.6 is 0 Å². The Kier molecular flexibility index (Phi) is 3.90. The van der Waals surface area contributed by atoms with Crippen LogP contribution in [0.2, 0.25) is 0 Å². The third-order valence-electron chi connectivity index (χ3n) is 2.75. The van der Waals surface area contributed by atoms with E-state index in [0.29, 0.717) is 6.42 Å². The van der Waals surface area contributed by atoms with Gasteiger partial charge < -0.3 is 10.2 Å². The van der Waals surface area contributed by atoms with E-state index in [1.54, 1.807) is 11.9 Å². The lowest BCUT2D eigenvalue weighted by Crippen LogP contribution is -2.45. The molecule has 1 N–H and O–H groups in total. The average Bonchev–Trinajstić information content (AvgIpc) is 2.68. The SMILES string of the molecule is CC(CC#N)N(C)C(=O)[C@H]1CCCN1. The fourth-order valence-electron chi connectivity index (χ4n) is 1.63. The Bertz CT molecular complexity index is 240. The molecule has 0 aliphatic carbocycles. The van der Waals surface area contributed by atoms with Gasteiger partial charge in [0.25, 0.3) is 0 Å². The van der Waals surface area contributed by atoms with E-state index >= 15 is 0 Å². The first-order valence-corrected chi connectivity index (χ1v) is 5.04. The van der Waals surface area contributed by atoms with Gasteiger partial charge in [-0.3, -0.25) is 4.79 Å². The van der Waals surface area contributed by atoms with Gasteiger partial charge >= 0.3 is 0 Å². The zero-order chi connectivity index (χ0) is 10.6. The minimum Gasteiger partial charge on any atom is -0.341 e. The molecule has 0 saturated carbocycles. The van der Waals surface area contributed by atoms with E-state index in [2.05, 4.69) is 11.4 Å². The van der Waals surface area contributed by atoms with Gasteiger partial charge in [-0.25, -0.2) is 0 Å². The summed E-state index contributed by atoms with van der Waals surface area (Å²) in [5.41, 5.74) is 0. The largest absolute Gasteiger partial charge is 0.341 e. The van der Waals surface area contributed by atoms with Crippen molar-refractivity contribution in [2.75, 3.05) is 13.6 Å². The average molecular weight is 195 g/mol. The smallest absolute Gasteiger partial charge is 0.239 e. The van der Waals surface area contributed by atoms with Crippen LogP contribution in [0.15, 0.2) is 0 Å². The summed E-state index contributed by atoms with van der Waals surface area (Å²) in [6.45, 7) is 2.83. The number of nitrogens with one attached hydrogen (secondary N) is 1. The first-order valence-electron chi connectivity index (χ1n) is 5.04. The van der Waals surface area contributed by atoms with Crippen molar-refractivity contribution in [1.29, 1.82) is 5.26 Å². The first kappa shape index (κ1) is 11.0. The summed E-state index contributed by atoms with van der Waals surface area (Å²) in [6.07, 6.45) is 2.38. The number of carbonyl (C=O) groups excluding carboxylic acids is 1. The fourth-order valence-corrected chi connectivity index (χ4v) is 1.63. The molecule has 1 aliphatic rings. The summed E-state index contributed by atoms with van der Waals surface area (Å²) in [5.74, 6) is 0.116. The molecule has 1 rings (SSSR count). The van der Waals surface area contributed by atoms with Crippen molar-refractivity contribution in [2.45, 2.75) is 38.3 Å². The van der Waals surface area contributed by atoms with Gasteiger partial charge in [-0.05, 0) is 26.3 Å². The Morgan fingerprint density at radius 3 is 3.00 bits per heavy atom. The monoisotopic (exact) mass is 195 g/mol. The van der Waals surface area contributed by atoms with E-state index in [0.717, 1.165) is 19.4 Å². The minimum absolute atomic E-state index is 0.00917. The van der Waals surface area contributed by atoms with Crippen LogP contribution in [-0.4, -0.2) is 36.5 Å². The van der Waals surface area contributed by atoms with Crippen molar-refractivity contribution < 1.29 is 4.79 Å². The molecule has 0 aromatic carbocycles. The highest BCUT2D eigenvalue weighted by Gasteiger charge is 2.26. The molecule has 0 radical (unpaired) electrons. The Morgan fingerprint density at radius 2 is 2.50 bits per heavy atom. The van der Waals surface area contributed by atoms with Gasteiger partial charge in [0.1, 0.15) is 0 Å². The molecule has 0 spiro atoms. The van der Waals surface area contributed by atoms with Crippen LogP contribution in [0.1, 0.15) is 26.2 Å². The van der Waals surface area contributed by atoms with Crippen LogP contribution in [0.3, 0.4) is 0 Å². The number of nitrogens with zero attached hydrogens (tertiary/aromatic N) is 2. The maximum atomic E-state index is 11.8. The van der Waals surface area contributed by atoms with Crippen LogP contribution in [0.4, 0.5) is 0 Å². The number of hydrogen-bond acceptors (Lipinski definition) is 3. The second kappa shape index (κ2) is 4.97. The Balaban J connectivity index is 2.47. The molecule has 0 aromatic heterocycles. The molecule has 1 saturated heterocycles. The normalized spacial score (nSPS) is 22.8. The molecule has 4 nitrogen and oxygen atoms in total. The summed E-state index contributed by atoms with van der Waals surface area (Å²) in [6, 6.07) is 2.06. The topological polar surface area (TPSA) is 56.1 Å². The Morgan fingerprint density at radius 1 is 1.79 bits per heavy atom. The number of rotatable bonds is 3. The molecule has 78 valence electrons. The molecule has 1 amide bonds. The molecule has 0 aromatic rings. The lowest BCUT2D eigenvalue weighted by atomic mass is 10.1. The van der Waals surface area contributed by atoms with E-state index in [-0.39, 0.29) is 18.0 Å². The van der Waals surface area contributed by atoms with Crippen LogP contribution in [0.25, 0.3) is 0 Å². The van der Waals surface area contributed by atoms with Gasteiger partial charge in [0.05, 0.1) is 18.5 Å². The maximum absolute atomic E-state index is 11.8. The lowest BCUT2D eigenvalue weighted by molar-refractivity contribution is -0.133. The fraction of sp³-hybridized carbons (Fsp3) is 0.800. The molecule has 4 heteroatoms. The molecule has 1 unspecified atom stereocenters. The summed E-state index contributed by atoms with van der Waals surface area (Å²) >= 11 is 0. The van der Waals surface area contributed by atoms with Gasteiger partial charge in [-0.1, -0.05) is 0 Å². The third-order valence-corrected chi connectivity index (χ3v) is 2.75. The van der Waals surface area contributed by atoms with E-state index < -0.39 is 0 Å². The number of carbonyl (C=O) groups is 1. The van der Waals surface area contributed by atoms with Gasteiger partial charge in [0.15, 0.2) is 0 Å². The summed E-state index contributed by atoms with van der Waals surface area (Å²) in [7, 11) is 1.77. The van der Waals surface area contributed by atoms with Gasteiger partial charge in [-0.15, -0.1) is 0 Å². The van der Waals surface area contributed by atoms with Crippen molar-refractivity contribution in [3.05, 3.63) is 0 Å². The van der Waals surface area contributed by atoms with E-state index in [9.17, 15) is 4.79 Å². The number of likely N-dealkylation sites (N-methyl/N-ethyl adjacent to an activating group) is 1. The van der Waals surface area contributed by atoms with Crippen molar-refractivity contribution in [2.24, 2.45) is 0 Å². The van der Waals surface area contributed by atoms with E-state index in [1.807, 2.05) is 6.92 Å². The third kappa shape index (κ3) is 2.46. The summed E-state index contributed by atoms with van der Waals surface area (Å²) in [4.78, 5) is 13.5. The minimum atomic E-state index is -0.0267. The highest BCUT2D eigenvalue weighted by atomic mass is 16.2. The number of nitriles is 1. The zero-order valence-electron chi connectivity index (χ0n) is 8.79. The number of amides is 1. The first-order chi connectivity index (χ1) is 6.66. The van der Waals surface area contributed by atoms with Crippen LogP contribution in [0, 0.1) is 11.3 Å². The van der Waals surface area contributed by atoms with Gasteiger partial charge in [0.2, 0.25) is 5.91 Å². The van der Waals surface area contributed by atoms with Crippen molar-refractivity contribution >= 4 is 5.91 Å². The van der Waals surface area contributed by atoms with E-state index in [4.69, 9.17) is 5.26 Å². The van der Waals surface area contributed by atoms with Crippen molar-refractivity contribution in [1.82, 2.24) is 10.2 Å². The van der Waals surface area contributed by atoms with Gasteiger partial charge in [0, 0.05) is 13.1 Å². The Hall–Kier alpha value is -1.08. The van der Waals surface area contributed by atoms with E-state index in [1.165, 1.54) is 0 Å². The lowest BCUT2D eigenvalue weighted by Gasteiger charge is -2.25. The molecule has 1 heterocycles. The van der Waals surface area contributed by atoms with Crippen LogP contribution in [0.5, 0.6) is 0 Å². The highest BCUT2D eigenvalue weighted by molar-refractivity contribution is 5.82. The molecule has 1 fully saturated rings. The molecular formula is C10H17N3O. The second-order valence-electron chi connectivity index (χ2n) is 3.81. The predicted octanol–water partition coefficient (Wildman–Crippen LogP) is 0.499. The molecule has 1 aliphatic heterocycles. The quantitative estimate of drug-likeness (QED) is 0.713. The standard InChI is InChI=1S/C10H17N3O/c1-8(5-6-11)13(2)10(14)9-4-3-7-12-9/h8-9,12H,3-5,7H2,1-2H3/t8?,9-/m1/s1. The van der Waals surface area contributed by atoms with Crippen LogP contribution < -0.4 is 5.32 Å². The van der Waals surface area contributed by atoms with Crippen molar-refractivity contribution in [3.8, 4) is 6.07 Å². The Labute approximate surface area is 84.9 Å². The van der Waals surface area contributed by atoms with Gasteiger partial charge in [-0.2, -0.15) is 5.26 Å². The van der Waals surface area contributed by atoms with Crippen molar-refractivity contribution in [3.63, 3.8) is 0 Å². The summed E-state index contributed by atoms with van der Waals surface area (Å²) < 4.78 is 0. The zero-order valence-corrected chi connectivity index (χ0v) is 8.79. The molecule has 14 heavy (non-hydrogen) atoms. The summed E-state index contributed by atoms with van der Waals surface area (Å²) in [5, 5.41) is 11.7. The number of hydrogen-bond donors (Lipinski definition) is 1. The highest BCUT2D eigenvalue weighted by Crippen LogP contribution is 2.10. The maximum Gasteiger partial charge on any atom is 0.239 e. The van der Waals surface area contributed by atoms with Crippen LogP contribution in [-0.2, 0) is 4.79 Å². The molecular weight excluding hydrogens is 178 g/mol.